The Morgan fingerprint density at radius 2 is 2.12 bits per heavy atom. The summed E-state index contributed by atoms with van der Waals surface area (Å²) in [5.41, 5.74) is -1.13. The molecule has 3 N–H and O–H groups in total. The number of aliphatic hydroxyl groups is 1. The second kappa shape index (κ2) is 8.69. The minimum atomic E-state index is -1.13. The van der Waals surface area contributed by atoms with E-state index >= 15 is 0 Å². The quantitative estimate of drug-likeness (QED) is 0.515. The second-order valence-electron chi connectivity index (χ2n) is 7.16. The van der Waals surface area contributed by atoms with Crippen LogP contribution in [0.25, 0.3) is 0 Å². The van der Waals surface area contributed by atoms with E-state index in [1.807, 2.05) is 19.9 Å². The molecule has 1 fully saturated rings. The summed E-state index contributed by atoms with van der Waals surface area (Å²) in [7, 11) is 4.31. The summed E-state index contributed by atoms with van der Waals surface area (Å²) in [5, 5.41) is 17.3. The Bertz CT molecular complexity index is 570. The molecule has 0 aromatic carbocycles. The molecule has 142 valence electrons. The molecule has 0 saturated carbocycles. The number of aryl methyl sites for hydroxylation is 1. The third kappa shape index (κ3) is 5.73. The fraction of sp³-hybridized carbons (Fsp3) is 0.722. The van der Waals surface area contributed by atoms with E-state index in [2.05, 4.69) is 39.5 Å². The van der Waals surface area contributed by atoms with Crippen molar-refractivity contribution in [3.8, 4) is 0 Å². The minimum absolute atomic E-state index is 0.232. The van der Waals surface area contributed by atoms with Gasteiger partial charge in [0.25, 0.3) is 0 Å². The first-order valence-electron chi connectivity index (χ1n) is 9.02. The molecule has 7 nitrogen and oxygen atoms in total. The number of guanidine groups is 1. The molecule has 1 saturated heterocycles. The van der Waals surface area contributed by atoms with Crippen molar-refractivity contribution in [2.75, 3.05) is 53.4 Å². The summed E-state index contributed by atoms with van der Waals surface area (Å²) in [6.45, 7) is 10.7. The molecular weight excluding hydrogens is 318 g/mol. The van der Waals surface area contributed by atoms with Crippen LogP contribution in [0.3, 0.4) is 0 Å². The van der Waals surface area contributed by atoms with Crippen molar-refractivity contribution >= 4 is 5.96 Å². The molecule has 1 aromatic heterocycles. The highest BCUT2D eigenvalue weighted by Crippen LogP contribution is 2.23. The van der Waals surface area contributed by atoms with Crippen molar-refractivity contribution in [2.24, 2.45) is 4.99 Å². The van der Waals surface area contributed by atoms with Gasteiger partial charge in [0, 0.05) is 38.8 Å². The Morgan fingerprint density at radius 3 is 2.76 bits per heavy atom. The topological polar surface area (TPSA) is 76.3 Å². The highest BCUT2D eigenvalue weighted by molar-refractivity contribution is 5.79. The Morgan fingerprint density at radius 1 is 1.36 bits per heavy atom. The Balaban J connectivity index is 1.95. The molecule has 0 amide bonds. The number of aliphatic imine (C=N–C) groups is 1. The lowest BCUT2D eigenvalue weighted by atomic mass is 10.0. The van der Waals surface area contributed by atoms with Gasteiger partial charge >= 0.3 is 0 Å². The highest BCUT2D eigenvalue weighted by Gasteiger charge is 2.27. The van der Waals surface area contributed by atoms with Gasteiger partial charge in [0.2, 0.25) is 0 Å². The fourth-order valence-electron chi connectivity index (χ4n) is 2.91. The van der Waals surface area contributed by atoms with Crippen LogP contribution in [0.15, 0.2) is 21.5 Å². The van der Waals surface area contributed by atoms with Gasteiger partial charge in [-0.05, 0) is 47.0 Å². The lowest BCUT2D eigenvalue weighted by Gasteiger charge is -2.38. The number of furan rings is 1. The summed E-state index contributed by atoms with van der Waals surface area (Å²) >= 11 is 0. The average Bonchev–Trinajstić information content (AvgIpc) is 3.00. The number of hydrogen-bond acceptors (Lipinski definition) is 5. The van der Waals surface area contributed by atoms with E-state index in [1.54, 1.807) is 13.0 Å². The summed E-state index contributed by atoms with van der Waals surface area (Å²) < 4.78 is 5.55. The summed E-state index contributed by atoms with van der Waals surface area (Å²) in [4.78, 5) is 9.27. The number of rotatable bonds is 6. The van der Waals surface area contributed by atoms with Crippen LogP contribution in [0.1, 0.15) is 25.4 Å². The van der Waals surface area contributed by atoms with E-state index in [1.165, 1.54) is 0 Å². The van der Waals surface area contributed by atoms with Crippen molar-refractivity contribution in [2.45, 2.75) is 32.4 Å². The van der Waals surface area contributed by atoms with Crippen molar-refractivity contribution in [1.82, 2.24) is 20.4 Å². The number of piperazine rings is 1. The van der Waals surface area contributed by atoms with Crippen LogP contribution in [0.4, 0.5) is 0 Å². The van der Waals surface area contributed by atoms with Gasteiger partial charge in [-0.15, -0.1) is 0 Å². The number of hydrogen-bond donors (Lipinski definition) is 3. The van der Waals surface area contributed by atoms with Crippen LogP contribution in [0.5, 0.6) is 0 Å². The highest BCUT2D eigenvalue weighted by atomic mass is 16.4. The Labute approximate surface area is 151 Å². The van der Waals surface area contributed by atoms with Crippen molar-refractivity contribution in [3.63, 3.8) is 0 Å². The maximum absolute atomic E-state index is 10.6. The molecule has 1 aliphatic rings. The molecule has 1 aromatic rings. The van der Waals surface area contributed by atoms with Crippen LogP contribution in [-0.4, -0.2) is 80.3 Å². The molecule has 25 heavy (non-hydrogen) atoms. The van der Waals surface area contributed by atoms with Crippen LogP contribution in [0, 0.1) is 6.92 Å². The molecule has 0 aliphatic carbocycles. The molecule has 1 aliphatic heterocycles. The van der Waals surface area contributed by atoms with Gasteiger partial charge in [-0.25, -0.2) is 4.99 Å². The zero-order valence-electron chi connectivity index (χ0n) is 16.2. The SMILES string of the molecule is CCNC(=NCC(C)(O)c1ccc(C)o1)NCC1CN(C)CCN1C. The monoisotopic (exact) mass is 351 g/mol. The van der Waals surface area contributed by atoms with Gasteiger partial charge in [-0.3, -0.25) is 4.90 Å². The van der Waals surface area contributed by atoms with Gasteiger partial charge in [0.05, 0.1) is 6.54 Å². The molecule has 2 heterocycles. The van der Waals surface area contributed by atoms with Crippen molar-refractivity contribution in [3.05, 3.63) is 23.7 Å². The summed E-state index contributed by atoms with van der Waals surface area (Å²) in [6.07, 6.45) is 0. The summed E-state index contributed by atoms with van der Waals surface area (Å²) in [5.74, 6) is 2.04. The van der Waals surface area contributed by atoms with E-state index in [-0.39, 0.29) is 6.54 Å². The third-order valence-electron chi connectivity index (χ3n) is 4.65. The average molecular weight is 351 g/mol. The van der Waals surface area contributed by atoms with E-state index in [0.29, 0.717) is 17.8 Å². The van der Waals surface area contributed by atoms with Crippen molar-refractivity contribution < 1.29 is 9.52 Å². The molecule has 0 bridgehead atoms. The van der Waals surface area contributed by atoms with E-state index in [9.17, 15) is 5.11 Å². The van der Waals surface area contributed by atoms with Gasteiger partial charge < -0.3 is 25.1 Å². The van der Waals surface area contributed by atoms with E-state index in [0.717, 1.165) is 38.5 Å². The van der Waals surface area contributed by atoms with E-state index in [4.69, 9.17) is 4.42 Å². The number of likely N-dealkylation sites (N-methyl/N-ethyl adjacent to an activating group) is 2. The van der Waals surface area contributed by atoms with Crippen molar-refractivity contribution in [1.29, 1.82) is 0 Å². The minimum Gasteiger partial charge on any atom is -0.463 e. The second-order valence-corrected chi connectivity index (χ2v) is 7.16. The predicted molar refractivity (Wildman–Crippen MR) is 101 cm³/mol. The number of nitrogens with zero attached hydrogens (tertiary/aromatic N) is 3. The largest absolute Gasteiger partial charge is 0.463 e. The van der Waals surface area contributed by atoms with Gasteiger partial charge in [-0.2, -0.15) is 0 Å². The fourth-order valence-corrected chi connectivity index (χ4v) is 2.91. The van der Waals surface area contributed by atoms with Crippen LogP contribution in [-0.2, 0) is 5.60 Å². The maximum Gasteiger partial charge on any atom is 0.191 e. The van der Waals surface area contributed by atoms with Crippen LogP contribution >= 0.6 is 0 Å². The molecule has 0 spiro atoms. The lowest BCUT2D eigenvalue weighted by molar-refractivity contribution is 0.0428. The zero-order chi connectivity index (χ0) is 18.4. The molecule has 0 radical (unpaired) electrons. The smallest absolute Gasteiger partial charge is 0.191 e. The zero-order valence-corrected chi connectivity index (χ0v) is 16.2. The number of nitrogens with one attached hydrogen (secondary N) is 2. The molecule has 2 atom stereocenters. The van der Waals surface area contributed by atoms with E-state index < -0.39 is 5.60 Å². The van der Waals surface area contributed by atoms with Gasteiger partial charge in [-0.1, -0.05) is 0 Å². The molecule has 2 unspecified atom stereocenters. The molecule has 2 rings (SSSR count). The Kier molecular flexibility index (Phi) is 6.87. The van der Waals surface area contributed by atoms with Gasteiger partial charge in [0.1, 0.15) is 17.1 Å². The maximum atomic E-state index is 10.6. The third-order valence-corrected chi connectivity index (χ3v) is 4.65. The first-order valence-corrected chi connectivity index (χ1v) is 9.02. The van der Waals surface area contributed by atoms with Gasteiger partial charge in [0.15, 0.2) is 5.96 Å². The summed E-state index contributed by atoms with van der Waals surface area (Å²) in [6, 6.07) is 4.10. The predicted octanol–water partition coefficient (Wildman–Crippen LogP) is 0.596. The van der Waals surface area contributed by atoms with Crippen LogP contribution in [0.2, 0.25) is 0 Å². The standard InChI is InChI=1S/C18H33N5O2/c1-6-19-17(20-11-15-12-22(4)9-10-23(15)5)21-13-18(3,24)16-8-7-14(2)25-16/h7-8,15,24H,6,9-13H2,1-5H3,(H2,19,20,21). The first kappa shape index (κ1) is 19.8. The first-order chi connectivity index (χ1) is 11.8. The Hall–Kier alpha value is -1.57. The molecule has 7 heteroatoms. The van der Waals surface area contributed by atoms with Crippen LogP contribution < -0.4 is 10.6 Å². The lowest BCUT2D eigenvalue weighted by Crippen LogP contribution is -2.55. The normalized spacial score (nSPS) is 22.6. The molecular formula is C18H33N5O2.